The number of nitrogens with two attached hydrogens (primary N) is 1. The smallest absolute Gasteiger partial charge is 0.214 e. The van der Waals surface area contributed by atoms with Crippen molar-refractivity contribution >= 4 is 5.91 Å². The maximum Gasteiger partial charge on any atom is 0.214 e. The van der Waals surface area contributed by atoms with Crippen LogP contribution in [0.4, 0.5) is 0 Å². The zero-order valence-electron chi connectivity index (χ0n) is 23.3. The third-order valence-electron chi connectivity index (χ3n) is 6.28. The van der Waals surface area contributed by atoms with Crippen LogP contribution >= 0.6 is 0 Å². The number of ether oxygens (including phenoxy) is 1. The number of primary amides is 1. The monoisotopic (exact) mass is 469 g/mol. The second kappa shape index (κ2) is 33.6. The van der Waals surface area contributed by atoms with Crippen LogP contribution in [0, 0.1) is 0 Å². The van der Waals surface area contributed by atoms with Crippen LogP contribution < -0.4 is 5.73 Å². The predicted octanol–water partition coefficient (Wildman–Crippen LogP) is 9.90. The van der Waals surface area contributed by atoms with Crippen LogP contribution in [-0.4, -0.2) is 19.1 Å². The molecule has 0 spiro atoms. The summed E-state index contributed by atoms with van der Waals surface area (Å²) in [6.07, 6.45) is 34.1. The van der Waals surface area contributed by atoms with E-state index in [1.54, 1.807) is 0 Å². The third-order valence-corrected chi connectivity index (χ3v) is 6.28. The molecule has 0 unspecified atom stereocenters. The maximum atomic E-state index is 9.22. The Hall–Kier alpha value is -0.570. The second-order valence-electron chi connectivity index (χ2n) is 10.0. The van der Waals surface area contributed by atoms with Crippen molar-refractivity contribution in [3.8, 4) is 0 Å². The number of unbranched alkanes of at least 4 members (excludes halogenated alkanes) is 22. The van der Waals surface area contributed by atoms with Gasteiger partial charge in [-0.3, -0.25) is 4.79 Å². The molecule has 0 rings (SSSR count). The van der Waals surface area contributed by atoms with Crippen molar-refractivity contribution in [3.63, 3.8) is 0 Å². The maximum absolute atomic E-state index is 9.22. The van der Waals surface area contributed by atoms with E-state index >= 15 is 0 Å². The minimum Gasteiger partial charge on any atom is -0.381 e. The normalized spacial score (nSPS) is 10.8. The third kappa shape index (κ3) is 42.1. The predicted molar refractivity (Wildman–Crippen MR) is 148 cm³/mol. The van der Waals surface area contributed by atoms with Crippen molar-refractivity contribution in [2.75, 3.05) is 13.2 Å². The van der Waals surface area contributed by atoms with Gasteiger partial charge >= 0.3 is 0 Å². The first kappa shape index (κ1) is 34.6. The van der Waals surface area contributed by atoms with E-state index in [-0.39, 0.29) is 5.91 Å². The van der Waals surface area contributed by atoms with Gasteiger partial charge in [-0.25, -0.2) is 0 Å². The molecule has 0 aromatic heterocycles. The van der Waals surface area contributed by atoms with Crippen molar-refractivity contribution in [3.05, 3.63) is 0 Å². The molecule has 2 N–H and O–H groups in total. The van der Waals surface area contributed by atoms with Gasteiger partial charge in [0.25, 0.3) is 0 Å². The minimum atomic E-state index is -0.333. The lowest BCUT2D eigenvalue weighted by molar-refractivity contribution is -0.115. The topological polar surface area (TPSA) is 52.3 Å². The van der Waals surface area contributed by atoms with E-state index in [0.29, 0.717) is 0 Å². The molecular formula is C30H63NO2. The highest BCUT2D eigenvalue weighted by atomic mass is 16.5. The molecule has 33 heavy (non-hydrogen) atoms. The van der Waals surface area contributed by atoms with Crippen molar-refractivity contribution < 1.29 is 9.53 Å². The number of hydrogen-bond acceptors (Lipinski definition) is 2. The van der Waals surface area contributed by atoms with Crippen LogP contribution in [0.3, 0.4) is 0 Å². The summed E-state index contributed by atoms with van der Waals surface area (Å²) in [4.78, 5) is 9.22. The van der Waals surface area contributed by atoms with Crippen molar-refractivity contribution in [2.45, 2.75) is 175 Å². The molecule has 0 bridgehead atoms. The van der Waals surface area contributed by atoms with Gasteiger partial charge in [-0.1, -0.05) is 155 Å². The van der Waals surface area contributed by atoms with Crippen LogP contribution in [0.1, 0.15) is 175 Å². The fraction of sp³-hybridized carbons (Fsp3) is 0.967. The lowest BCUT2D eigenvalue weighted by Crippen LogP contribution is -2.01. The Labute approximate surface area is 209 Å². The summed E-state index contributed by atoms with van der Waals surface area (Å²) >= 11 is 0. The molecule has 0 fully saturated rings. The fourth-order valence-corrected chi connectivity index (χ4v) is 4.19. The lowest BCUT2D eigenvalue weighted by atomic mass is 10.1. The van der Waals surface area contributed by atoms with Gasteiger partial charge in [0.2, 0.25) is 5.91 Å². The molecule has 0 aliphatic heterocycles. The summed E-state index contributed by atoms with van der Waals surface area (Å²) in [5.74, 6) is -0.333. The molecule has 0 aromatic rings. The molecule has 3 nitrogen and oxygen atoms in total. The minimum absolute atomic E-state index is 0.333. The van der Waals surface area contributed by atoms with Gasteiger partial charge < -0.3 is 10.5 Å². The van der Waals surface area contributed by atoms with E-state index in [9.17, 15) is 4.79 Å². The number of carbonyl (C=O) groups excluding carboxylic acids is 1. The van der Waals surface area contributed by atoms with Gasteiger partial charge in [-0.2, -0.15) is 0 Å². The summed E-state index contributed by atoms with van der Waals surface area (Å²) in [5, 5.41) is 0. The van der Waals surface area contributed by atoms with Crippen molar-refractivity contribution in [2.24, 2.45) is 5.73 Å². The summed E-state index contributed by atoms with van der Waals surface area (Å²) < 4.78 is 5.82. The van der Waals surface area contributed by atoms with Crippen LogP contribution in [0.15, 0.2) is 0 Å². The molecule has 200 valence electrons. The van der Waals surface area contributed by atoms with Crippen LogP contribution in [0.2, 0.25) is 0 Å². The van der Waals surface area contributed by atoms with Gasteiger partial charge in [0.1, 0.15) is 0 Å². The summed E-state index contributed by atoms with van der Waals surface area (Å²) in [6, 6.07) is 0. The number of amides is 1. The number of carbonyl (C=O) groups is 1. The zero-order chi connectivity index (χ0) is 24.7. The molecule has 0 saturated carbocycles. The molecule has 1 amide bonds. The van der Waals surface area contributed by atoms with E-state index in [0.717, 1.165) is 13.2 Å². The van der Waals surface area contributed by atoms with Gasteiger partial charge in [-0.15, -0.1) is 0 Å². The Bertz CT molecular complexity index is 316. The number of rotatable bonds is 26. The Morgan fingerprint density at radius 2 is 0.636 bits per heavy atom. The summed E-state index contributed by atoms with van der Waals surface area (Å²) in [5.41, 5.74) is 4.47. The van der Waals surface area contributed by atoms with Gasteiger partial charge in [0, 0.05) is 20.1 Å². The van der Waals surface area contributed by atoms with Crippen LogP contribution in [-0.2, 0) is 9.53 Å². The Balaban J connectivity index is 0. The SMILES string of the molecule is CC(N)=O.CCCCCCCCCCCCCCOCCCCCCCCCCCCCC. The Morgan fingerprint density at radius 1 is 0.455 bits per heavy atom. The van der Waals surface area contributed by atoms with Gasteiger partial charge in [-0.05, 0) is 12.8 Å². The van der Waals surface area contributed by atoms with Crippen LogP contribution in [0.5, 0.6) is 0 Å². The fourth-order valence-electron chi connectivity index (χ4n) is 4.19. The molecule has 0 aliphatic carbocycles. The molecule has 0 radical (unpaired) electrons. The molecule has 0 aromatic carbocycles. The first-order valence-electron chi connectivity index (χ1n) is 15.0. The highest BCUT2D eigenvalue weighted by Crippen LogP contribution is 2.13. The lowest BCUT2D eigenvalue weighted by Gasteiger charge is -2.05. The average molecular weight is 470 g/mol. The molecule has 3 heteroatoms. The zero-order valence-corrected chi connectivity index (χ0v) is 23.3. The van der Waals surface area contributed by atoms with Crippen molar-refractivity contribution in [1.29, 1.82) is 0 Å². The van der Waals surface area contributed by atoms with E-state index in [1.807, 2.05) is 0 Å². The molecule has 0 aliphatic rings. The second-order valence-corrected chi connectivity index (χ2v) is 10.0. The highest BCUT2D eigenvalue weighted by molar-refractivity contribution is 5.70. The summed E-state index contributed by atoms with van der Waals surface area (Å²) in [6.45, 7) is 7.89. The van der Waals surface area contributed by atoms with Crippen molar-refractivity contribution in [1.82, 2.24) is 0 Å². The summed E-state index contributed by atoms with van der Waals surface area (Å²) in [7, 11) is 0. The number of hydrogen-bond donors (Lipinski definition) is 1. The Morgan fingerprint density at radius 3 is 0.848 bits per heavy atom. The van der Waals surface area contributed by atoms with Gasteiger partial charge in [0.15, 0.2) is 0 Å². The average Bonchev–Trinajstić information content (AvgIpc) is 2.79. The molecule has 0 heterocycles. The first-order valence-corrected chi connectivity index (χ1v) is 15.0. The first-order chi connectivity index (χ1) is 16.1. The quantitative estimate of drug-likeness (QED) is 0.128. The molecule has 0 saturated heterocycles. The molecule has 0 atom stereocenters. The van der Waals surface area contributed by atoms with Crippen LogP contribution in [0.25, 0.3) is 0 Å². The van der Waals surface area contributed by atoms with Gasteiger partial charge in [0.05, 0.1) is 0 Å². The van der Waals surface area contributed by atoms with E-state index in [1.165, 1.54) is 161 Å². The van der Waals surface area contributed by atoms with E-state index < -0.39 is 0 Å². The Kier molecular flexibility index (Phi) is 35.2. The highest BCUT2D eigenvalue weighted by Gasteiger charge is 1.96. The standard InChI is InChI=1S/C28H58O.C2H5NO/c1-3-5-7-9-11-13-15-17-19-21-23-25-27-29-28-26-24-22-20-18-16-14-12-10-8-6-4-2;1-2(3)4/h3-28H2,1-2H3;1H3,(H2,3,4). The van der Waals surface area contributed by atoms with E-state index in [4.69, 9.17) is 4.74 Å². The molecular weight excluding hydrogens is 406 g/mol. The largest absolute Gasteiger partial charge is 0.381 e. The van der Waals surface area contributed by atoms with E-state index in [2.05, 4.69) is 19.6 Å².